The number of hydrogen-bond acceptors (Lipinski definition) is 7. The third-order valence-electron chi connectivity index (χ3n) is 3.88. The standard InChI is InChI=1S/C22H14ClN3OS3/c23-17-8-6-16(7-9-17)20(27)12-5-15-3-10-18(11-4-15)29-22-26-25-21(30-22)24-14-19-2-1-13-28-19/h1-14H. The van der Waals surface area contributed by atoms with Crippen LogP contribution >= 0.6 is 46.0 Å². The van der Waals surface area contributed by atoms with Gasteiger partial charge in [0.2, 0.25) is 5.13 Å². The minimum Gasteiger partial charge on any atom is -0.289 e. The zero-order chi connectivity index (χ0) is 20.8. The second kappa shape index (κ2) is 9.95. The fourth-order valence-electron chi connectivity index (χ4n) is 2.41. The Hall–Kier alpha value is -2.58. The molecule has 0 aliphatic carbocycles. The van der Waals surface area contributed by atoms with Crippen molar-refractivity contribution in [2.45, 2.75) is 9.24 Å². The molecule has 4 nitrogen and oxygen atoms in total. The van der Waals surface area contributed by atoms with E-state index in [1.165, 1.54) is 23.1 Å². The van der Waals surface area contributed by atoms with Crippen LogP contribution in [-0.2, 0) is 0 Å². The third-order valence-corrected chi connectivity index (χ3v) is 6.83. The van der Waals surface area contributed by atoms with Crippen LogP contribution in [0.5, 0.6) is 0 Å². The lowest BCUT2D eigenvalue weighted by Crippen LogP contribution is -1.92. The van der Waals surface area contributed by atoms with Gasteiger partial charge in [0.05, 0.1) is 0 Å². The first-order valence-electron chi connectivity index (χ1n) is 8.83. The summed E-state index contributed by atoms with van der Waals surface area (Å²) in [6.07, 6.45) is 5.16. The van der Waals surface area contributed by atoms with E-state index in [9.17, 15) is 4.79 Å². The molecule has 4 rings (SSSR count). The normalized spacial score (nSPS) is 11.5. The molecule has 30 heavy (non-hydrogen) atoms. The summed E-state index contributed by atoms with van der Waals surface area (Å²) >= 11 is 10.5. The van der Waals surface area contributed by atoms with Crippen LogP contribution in [0.2, 0.25) is 5.02 Å². The van der Waals surface area contributed by atoms with E-state index in [0.717, 1.165) is 19.7 Å². The van der Waals surface area contributed by atoms with Crippen molar-refractivity contribution in [3.63, 3.8) is 0 Å². The number of rotatable bonds is 7. The smallest absolute Gasteiger partial charge is 0.232 e. The number of hydrogen-bond donors (Lipinski definition) is 0. The molecule has 0 N–H and O–H groups in total. The van der Waals surface area contributed by atoms with Crippen LogP contribution < -0.4 is 0 Å². The first-order chi connectivity index (χ1) is 14.7. The van der Waals surface area contributed by atoms with Gasteiger partial charge in [-0.1, -0.05) is 59.0 Å². The van der Waals surface area contributed by atoms with E-state index in [-0.39, 0.29) is 5.78 Å². The van der Waals surface area contributed by atoms with Crippen molar-refractivity contribution in [2.24, 2.45) is 4.99 Å². The fraction of sp³-hybridized carbons (Fsp3) is 0. The topological polar surface area (TPSA) is 55.2 Å². The molecule has 2 aromatic heterocycles. The van der Waals surface area contributed by atoms with Crippen molar-refractivity contribution in [2.75, 3.05) is 0 Å². The molecule has 4 aromatic rings. The zero-order valence-electron chi connectivity index (χ0n) is 15.4. The summed E-state index contributed by atoms with van der Waals surface area (Å²) in [5.41, 5.74) is 1.55. The number of carbonyl (C=O) groups is 1. The minimum absolute atomic E-state index is 0.0605. The second-order valence-corrected chi connectivity index (χ2v) is 9.69. The van der Waals surface area contributed by atoms with Crippen molar-refractivity contribution < 1.29 is 4.79 Å². The molecule has 0 aliphatic rings. The van der Waals surface area contributed by atoms with E-state index in [1.54, 1.807) is 54.0 Å². The minimum atomic E-state index is -0.0605. The van der Waals surface area contributed by atoms with Gasteiger partial charge in [0, 0.05) is 26.6 Å². The molecule has 2 aromatic carbocycles. The Balaban J connectivity index is 1.35. The second-order valence-electron chi connectivity index (χ2n) is 6.00. The van der Waals surface area contributed by atoms with Gasteiger partial charge in [-0.05, 0) is 59.5 Å². The number of ketones is 1. The van der Waals surface area contributed by atoms with Crippen molar-refractivity contribution >= 4 is 69.2 Å². The zero-order valence-corrected chi connectivity index (χ0v) is 18.6. The number of nitrogens with zero attached hydrogens (tertiary/aromatic N) is 3. The molecule has 0 atom stereocenters. The Morgan fingerprint density at radius 1 is 1.03 bits per heavy atom. The number of halogens is 1. The Morgan fingerprint density at radius 2 is 1.83 bits per heavy atom. The van der Waals surface area contributed by atoms with Gasteiger partial charge in [-0.3, -0.25) is 4.79 Å². The predicted molar refractivity (Wildman–Crippen MR) is 127 cm³/mol. The third kappa shape index (κ3) is 5.73. The van der Waals surface area contributed by atoms with Crippen LogP contribution in [0, 0.1) is 0 Å². The van der Waals surface area contributed by atoms with Gasteiger partial charge in [0.1, 0.15) is 0 Å². The molecule has 0 saturated heterocycles. The van der Waals surface area contributed by atoms with Gasteiger partial charge in [0.15, 0.2) is 10.1 Å². The highest BCUT2D eigenvalue weighted by Gasteiger charge is 2.06. The van der Waals surface area contributed by atoms with Gasteiger partial charge in [-0.15, -0.1) is 21.5 Å². The largest absolute Gasteiger partial charge is 0.289 e. The van der Waals surface area contributed by atoms with Gasteiger partial charge < -0.3 is 0 Å². The number of aliphatic imine (C=N–C) groups is 1. The van der Waals surface area contributed by atoms with Gasteiger partial charge in [-0.25, -0.2) is 4.99 Å². The van der Waals surface area contributed by atoms with Crippen LogP contribution in [-0.4, -0.2) is 22.2 Å². The maximum absolute atomic E-state index is 12.2. The van der Waals surface area contributed by atoms with Crippen LogP contribution in [0.3, 0.4) is 0 Å². The number of aromatic nitrogens is 2. The summed E-state index contributed by atoms with van der Waals surface area (Å²) in [6.45, 7) is 0. The average Bonchev–Trinajstić information content (AvgIpc) is 3.44. The molecule has 0 unspecified atom stereocenters. The summed E-state index contributed by atoms with van der Waals surface area (Å²) in [5.74, 6) is -0.0605. The highest BCUT2D eigenvalue weighted by atomic mass is 35.5. The van der Waals surface area contributed by atoms with Crippen molar-refractivity contribution in [3.8, 4) is 0 Å². The lowest BCUT2D eigenvalue weighted by atomic mass is 10.1. The van der Waals surface area contributed by atoms with Crippen LogP contribution in [0.1, 0.15) is 20.8 Å². The lowest BCUT2D eigenvalue weighted by molar-refractivity contribution is 0.104. The van der Waals surface area contributed by atoms with Gasteiger partial charge in [-0.2, -0.15) is 0 Å². The number of carbonyl (C=O) groups excluding carboxylic acids is 1. The van der Waals surface area contributed by atoms with Crippen molar-refractivity contribution in [3.05, 3.63) is 93.1 Å². The number of thiophene rings is 1. The Morgan fingerprint density at radius 3 is 2.57 bits per heavy atom. The predicted octanol–water partition coefficient (Wildman–Crippen LogP) is 7.05. The summed E-state index contributed by atoms with van der Waals surface area (Å²) in [6, 6.07) is 18.8. The summed E-state index contributed by atoms with van der Waals surface area (Å²) in [4.78, 5) is 18.7. The highest BCUT2D eigenvalue weighted by molar-refractivity contribution is 8.01. The maximum Gasteiger partial charge on any atom is 0.232 e. The molecule has 0 fully saturated rings. The monoisotopic (exact) mass is 467 g/mol. The molecule has 2 heterocycles. The Kier molecular flexibility index (Phi) is 6.86. The summed E-state index contributed by atoms with van der Waals surface area (Å²) < 4.78 is 0.828. The molecule has 0 saturated carbocycles. The first-order valence-corrected chi connectivity index (χ1v) is 11.7. The lowest BCUT2D eigenvalue weighted by Gasteiger charge is -1.99. The SMILES string of the molecule is O=C(C=Cc1ccc(Sc2nnc(N=Cc3cccs3)s2)cc1)c1ccc(Cl)cc1. The molecule has 0 amide bonds. The Labute approximate surface area is 191 Å². The molecule has 148 valence electrons. The molecule has 0 aliphatic heterocycles. The summed E-state index contributed by atoms with van der Waals surface area (Å²) in [7, 11) is 0. The molecule has 8 heteroatoms. The molecule has 0 radical (unpaired) electrons. The molecular weight excluding hydrogens is 454 g/mol. The molecule has 0 spiro atoms. The van der Waals surface area contributed by atoms with E-state index in [1.807, 2.05) is 41.8 Å². The first kappa shape index (κ1) is 20.7. The quantitative estimate of drug-likeness (QED) is 0.166. The van der Waals surface area contributed by atoms with E-state index in [2.05, 4.69) is 15.2 Å². The van der Waals surface area contributed by atoms with Crippen molar-refractivity contribution in [1.29, 1.82) is 0 Å². The van der Waals surface area contributed by atoms with E-state index in [0.29, 0.717) is 15.7 Å². The van der Waals surface area contributed by atoms with Crippen molar-refractivity contribution in [1.82, 2.24) is 10.2 Å². The van der Waals surface area contributed by atoms with Crippen LogP contribution in [0.4, 0.5) is 5.13 Å². The van der Waals surface area contributed by atoms with Crippen LogP contribution in [0.25, 0.3) is 6.08 Å². The van der Waals surface area contributed by atoms with Crippen LogP contribution in [0.15, 0.2) is 86.3 Å². The maximum atomic E-state index is 12.2. The highest BCUT2D eigenvalue weighted by Crippen LogP contribution is 2.33. The number of allylic oxidation sites excluding steroid dienone is 1. The van der Waals surface area contributed by atoms with E-state index >= 15 is 0 Å². The average molecular weight is 468 g/mol. The van der Waals surface area contributed by atoms with Gasteiger partial charge >= 0.3 is 0 Å². The molecule has 0 bridgehead atoms. The van der Waals surface area contributed by atoms with E-state index < -0.39 is 0 Å². The number of benzene rings is 2. The van der Waals surface area contributed by atoms with Gasteiger partial charge in [0.25, 0.3) is 0 Å². The fourth-order valence-corrected chi connectivity index (χ4v) is 4.78. The molecular formula is C22H14ClN3OS3. The van der Waals surface area contributed by atoms with E-state index in [4.69, 9.17) is 11.6 Å². The summed E-state index contributed by atoms with van der Waals surface area (Å²) in [5, 5.41) is 11.5. The Bertz CT molecular complexity index is 1180.